The molecule has 0 N–H and O–H groups in total. The molecular formula is C15H11BrCl2FNO. The lowest BCUT2D eigenvalue weighted by atomic mass is 10.1. The Balaban J connectivity index is 2.17. The molecule has 0 atom stereocenters. The van der Waals surface area contributed by atoms with Crippen LogP contribution in [0.2, 0.25) is 10.0 Å². The second kappa shape index (κ2) is 6.77. The standard InChI is InChI=1S/C15H11BrCl2FNO/c1-20(8-10-2-4-11(17)7-13(10)18)15(21)9-3-5-14(19)12(16)6-9/h2-7H,8H2,1H3. The first-order valence-corrected chi connectivity index (χ1v) is 7.58. The van der Waals surface area contributed by atoms with Crippen molar-refractivity contribution in [2.45, 2.75) is 6.54 Å². The fraction of sp³-hybridized carbons (Fsp3) is 0.133. The highest BCUT2D eigenvalue weighted by Crippen LogP contribution is 2.23. The minimum atomic E-state index is -0.407. The van der Waals surface area contributed by atoms with Gasteiger partial charge >= 0.3 is 0 Å². The zero-order valence-electron chi connectivity index (χ0n) is 11.0. The van der Waals surface area contributed by atoms with Crippen LogP contribution in [-0.4, -0.2) is 17.9 Å². The van der Waals surface area contributed by atoms with E-state index in [0.29, 0.717) is 22.2 Å². The topological polar surface area (TPSA) is 20.3 Å². The summed E-state index contributed by atoms with van der Waals surface area (Å²) in [5.41, 5.74) is 1.19. The van der Waals surface area contributed by atoms with Crippen molar-refractivity contribution in [2.24, 2.45) is 0 Å². The molecule has 0 aromatic heterocycles. The van der Waals surface area contributed by atoms with Crippen LogP contribution < -0.4 is 0 Å². The van der Waals surface area contributed by atoms with Crippen molar-refractivity contribution in [3.8, 4) is 0 Å². The van der Waals surface area contributed by atoms with Crippen LogP contribution in [0, 0.1) is 5.82 Å². The Bertz CT molecular complexity index is 693. The number of hydrogen-bond donors (Lipinski definition) is 0. The molecular weight excluding hydrogens is 380 g/mol. The summed E-state index contributed by atoms with van der Waals surface area (Å²) in [6.07, 6.45) is 0. The zero-order valence-corrected chi connectivity index (χ0v) is 14.1. The maximum absolute atomic E-state index is 13.2. The minimum absolute atomic E-state index is 0.221. The van der Waals surface area contributed by atoms with Crippen molar-refractivity contribution >= 4 is 45.0 Å². The highest BCUT2D eigenvalue weighted by molar-refractivity contribution is 9.10. The lowest BCUT2D eigenvalue weighted by Crippen LogP contribution is -2.26. The molecule has 0 saturated heterocycles. The Morgan fingerprint density at radius 3 is 2.57 bits per heavy atom. The van der Waals surface area contributed by atoms with Gasteiger partial charge < -0.3 is 4.90 Å². The van der Waals surface area contributed by atoms with Crippen molar-refractivity contribution in [1.82, 2.24) is 4.90 Å². The van der Waals surface area contributed by atoms with Crippen LogP contribution in [-0.2, 0) is 6.54 Å². The molecule has 2 aromatic rings. The van der Waals surface area contributed by atoms with Crippen molar-refractivity contribution in [2.75, 3.05) is 7.05 Å². The van der Waals surface area contributed by atoms with Gasteiger partial charge in [-0.1, -0.05) is 29.3 Å². The van der Waals surface area contributed by atoms with Gasteiger partial charge in [-0.15, -0.1) is 0 Å². The summed E-state index contributed by atoms with van der Waals surface area (Å²) in [6, 6.07) is 9.27. The first-order chi connectivity index (χ1) is 9.88. The molecule has 0 spiro atoms. The number of amides is 1. The zero-order chi connectivity index (χ0) is 15.6. The number of carbonyl (C=O) groups excluding carboxylic acids is 1. The summed E-state index contributed by atoms with van der Waals surface area (Å²) >= 11 is 15.0. The fourth-order valence-electron chi connectivity index (χ4n) is 1.83. The van der Waals surface area contributed by atoms with Crippen LogP contribution in [0.1, 0.15) is 15.9 Å². The predicted molar refractivity (Wildman–Crippen MR) is 86.4 cm³/mol. The molecule has 2 rings (SSSR count). The lowest BCUT2D eigenvalue weighted by molar-refractivity contribution is 0.0785. The molecule has 2 nitrogen and oxygen atoms in total. The SMILES string of the molecule is CN(Cc1ccc(Cl)cc1Cl)C(=O)c1ccc(F)c(Br)c1. The highest BCUT2D eigenvalue weighted by Gasteiger charge is 2.15. The van der Waals surface area contributed by atoms with E-state index in [4.69, 9.17) is 23.2 Å². The fourth-order valence-corrected chi connectivity index (χ4v) is 2.67. The number of halogens is 4. The maximum atomic E-state index is 13.2. The third kappa shape index (κ3) is 3.96. The number of rotatable bonds is 3. The summed E-state index contributed by atoms with van der Waals surface area (Å²) in [7, 11) is 1.66. The number of hydrogen-bond acceptors (Lipinski definition) is 1. The molecule has 110 valence electrons. The number of nitrogens with zero attached hydrogens (tertiary/aromatic N) is 1. The average Bonchev–Trinajstić information content (AvgIpc) is 2.44. The smallest absolute Gasteiger partial charge is 0.253 e. The third-order valence-corrected chi connectivity index (χ3v) is 4.13. The minimum Gasteiger partial charge on any atom is -0.337 e. The molecule has 6 heteroatoms. The van der Waals surface area contributed by atoms with Gasteiger partial charge in [0.1, 0.15) is 5.82 Å². The van der Waals surface area contributed by atoms with Crippen LogP contribution in [0.5, 0.6) is 0 Å². The maximum Gasteiger partial charge on any atom is 0.253 e. The Labute approximate surface area is 140 Å². The van der Waals surface area contributed by atoms with E-state index >= 15 is 0 Å². The van der Waals surface area contributed by atoms with Gasteiger partial charge in [-0.2, -0.15) is 0 Å². The molecule has 0 bridgehead atoms. The van der Waals surface area contributed by atoms with Crippen molar-refractivity contribution in [3.05, 3.63) is 67.9 Å². The molecule has 0 aliphatic heterocycles. The Morgan fingerprint density at radius 1 is 1.24 bits per heavy atom. The largest absolute Gasteiger partial charge is 0.337 e. The summed E-state index contributed by atoms with van der Waals surface area (Å²) in [6.45, 7) is 0.337. The average molecular weight is 391 g/mol. The third-order valence-electron chi connectivity index (χ3n) is 2.94. The van der Waals surface area contributed by atoms with Crippen LogP contribution in [0.4, 0.5) is 4.39 Å². The molecule has 2 aromatic carbocycles. The van der Waals surface area contributed by atoms with E-state index in [-0.39, 0.29) is 10.4 Å². The molecule has 0 heterocycles. The number of carbonyl (C=O) groups is 1. The van der Waals surface area contributed by atoms with Crippen molar-refractivity contribution < 1.29 is 9.18 Å². The normalized spacial score (nSPS) is 10.5. The van der Waals surface area contributed by atoms with E-state index < -0.39 is 5.82 Å². The van der Waals surface area contributed by atoms with E-state index in [1.165, 1.54) is 23.1 Å². The molecule has 0 aliphatic carbocycles. The first kappa shape index (κ1) is 16.3. The molecule has 0 saturated carbocycles. The summed E-state index contributed by atoms with van der Waals surface area (Å²) in [5.74, 6) is -0.628. The van der Waals surface area contributed by atoms with Gasteiger partial charge in [0.2, 0.25) is 0 Å². The second-order valence-corrected chi connectivity index (χ2v) is 6.22. The van der Waals surface area contributed by atoms with E-state index in [9.17, 15) is 9.18 Å². The van der Waals surface area contributed by atoms with Gasteiger partial charge in [-0.25, -0.2) is 4.39 Å². The van der Waals surface area contributed by atoms with E-state index in [0.717, 1.165) is 5.56 Å². The van der Waals surface area contributed by atoms with Crippen LogP contribution in [0.3, 0.4) is 0 Å². The summed E-state index contributed by atoms with van der Waals surface area (Å²) in [4.78, 5) is 13.8. The molecule has 0 unspecified atom stereocenters. The van der Waals surface area contributed by atoms with Crippen molar-refractivity contribution in [3.63, 3.8) is 0 Å². The first-order valence-electron chi connectivity index (χ1n) is 6.03. The molecule has 1 amide bonds. The Morgan fingerprint density at radius 2 is 1.95 bits per heavy atom. The lowest BCUT2D eigenvalue weighted by Gasteiger charge is -2.18. The van der Waals surface area contributed by atoms with E-state index in [2.05, 4.69) is 15.9 Å². The van der Waals surface area contributed by atoms with Gasteiger partial charge in [-0.05, 0) is 51.8 Å². The molecule has 0 aliphatic rings. The monoisotopic (exact) mass is 389 g/mol. The van der Waals surface area contributed by atoms with Gasteiger partial charge in [0, 0.05) is 29.2 Å². The quantitative estimate of drug-likeness (QED) is 0.708. The molecule has 21 heavy (non-hydrogen) atoms. The summed E-state index contributed by atoms with van der Waals surface area (Å²) in [5, 5.41) is 1.04. The number of benzene rings is 2. The van der Waals surface area contributed by atoms with Crippen LogP contribution in [0.25, 0.3) is 0 Å². The van der Waals surface area contributed by atoms with Gasteiger partial charge in [-0.3, -0.25) is 4.79 Å². The van der Waals surface area contributed by atoms with Gasteiger partial charge in [0.25, 0.3) is 5.91 Å². The predicted octanol–water partition coefficient (Wildman–Crippen LogP) is 5.17. The van der Waals surface area contributed by atoms with Crippen LogP contribution in [0.15, 0.2) is 40.9 Å². The Kier molecular flexibility index (Phi) is 5.25. The molecule has 0 radical (unpaired) electrons. The van der Waals surface area contributed by atoms with Gasteiger partial charge in [0.15, 0.2) is 0 Å². The van der Waals surface area contributed by atoms with E-state index in [1.807, 2.05) is 0 Å². The van der Waals surface area contributed by atoms with E-state index in [1.54, 1.807) is 25.2 Å². The van der Waals surface area contributed by atoms with Crippen molar-refractivity contribution in [1.29, 1.82) is 0 Å². The van der Waals surface area contributed by atoms with Crippen LogP contribution >= 0.6 is 39.1 Å². The summed E-state index contributed by atoms with van der Waals surface area (Å²) < 4.78 is 13.5. The highest BCUT2D eigenvalue weighted by atomic mass is 79.9. The Hall–Kier alpha value is -1.10. The molecule has 0 fully saturated rings. The van der Waals surface area contributed by atoms with Gasteiger partial charge in [0.05, 0.1) is 4.47 Å². The second-order valence-electron chi connectivity index (χ2n) is 4.53.